The summed E-state index contributed by atoms with van der Waals surface area (Å²) in [6, 6.07) is 17.3. The van der Waals surface area contributed by atoms with E-state index in [1.807, 2.05) is 55.5 Å². The van der Waals surface area contributed by atoms with E-state index in [1.165, 1.54) is 0 Å². The van der Waals surface area contributed by atoms with Crippen molar-refractivity contribution >= 4 is 28.5 Å². The highest BCUT2D eigenvalue weighted by molar-refractivity contribution is 5.99. The first kappa shape index (κ1) is 16.4. The second-order valence-electron chi connectivity index (χ2n) is 6.63. The Hall–Kier alpha value is -3.08. The van der Waals surface area contributed by atoms with Crippen molar-refractivity contribution in [2.75, 3.05) is 11.5 Å². The average Bonchev–Trinajstić information content (AvgIpc) is 3.10. The van der Waals surface area contributed by atoms with Crippen molar-refractivity contribution in [3.63, 3.8) is 0 Å². The van der Waals surface area contributed by atoms with E-state index in [0.29, 0.717) is 5.69 Å². The molecule has 1 N–H and O–H groups in total. The van der Waals surface area contributed by atoms with Gasteiger partial charge in [-0.05, 0) is 43.5 Å². The third-order valence-corrected chi connectivity index (χ3v) is 4.87. The summed E-state index contributed by atoms with van der Waals surface area (Å²) in [4.78, 5) is 29.8. The van der Waals surface area contributed by atoms with Crippen LogP contribution in [0.2, 0.25) is 0 Å². The number of nitrogens with zero attached hydrogens (tertiary/aromatic N) is 1. The lowest BCUT2D eigenvalue weighted by Gasteiger charge is -2.35. The van der Waals surface area contributed by atoms with E-state index < -0.39 is 5.97 Å². The number of ether oxygens (including phenoxy) is 1. The lowest BCUT2D eigenvalue weighted by Crippen LogP contribution is -2.44. The minimum Gasteiger partial charge on any atom is -0.451 e. The summed E-state index contributed by atoms with van der Waals surface area (Å²) >= 11 is 0. The number of para-hydroxylation sites is 2. The van der Waals surface area contributed by atoms with Crippen molar-refractivity contribution in [3.8, 4) is 0 Å². The highest BCUT2D eigenvalue weighted by Crippen LogP contribution is 2.30. The zero-order chi connectivity index (χ0) is 18.1. The Balaban J connectivity index is 1.47. The molecule has 0 fully saturated rings. The third kappa shape index (κ3) is 2.96. The molecule has 5 heteroatoms. The molecule has 1 aromatic heterocycles. The molecule has 26 heavy (non-hydrogen) atoms. The number of carbonyl (C=O) groups is 2. The van der Waals surface area contributed by atoms with Crippen LogP contribution < -0.4 is 4.90 Å². The fraction of sp³-hybridized carbons (Fsp3) is 0.238. The number of H-pyrrole nitrogens is 1. The van der Waals surface area contributed by atoms with Gasteiger partial charge in [-0.15, -0.1) is 0 Å². The minimum atomic E-state index is -0.521. The molecule has 3 aromatic rings. The predicted molar refractivity (Wildman–Crippen MR) is 100 cm³/mol. The number of esters is 1. The summed E-state index contributed by atoms with van der Waals surface area (Å²) in [5, 5.41) is 0.935. The number of nitrogens with one attached hydrogen (secondary N) is 1. The molecule has 0 bridgehead atoms. The predicted octanol–water partition coefficient (Wildman–Crippen LogP) is 3.69. The Labute approximate surface area is 151 Å². The van der Waals surface area contributed by atoms with E-state index >= 15 is 0 Å². The van der Waals surface area contributed by atoms with Gasteiger partial charge in [0.05, 0.1) is 0 Å². The van der Waals surface area contributed by atoms with Crippen LogP contribution in [0.1, 0.15) is 29.4 Å². The Morgan fingerprint density at radius 2 is 1.92 bits per heavy atom. The number of aromatic nitrogens is 1. The van der Waals surface area contributed by atoms with Crippen LogP contribution in [0.5, 0.6) is 0 Å². The van der Waals surface area contributed by atoms with Gasteiger partial charge in [0.2, 0.25) is 0 Å². The molecule has 4 rings (SSSR count). The number of benzene rings is 2. The number of aromatic amines is 1. The van der Waals surface area contributed by atoms with E-state index in [2.05, 4.69) is 4.98 Å². The van der Waals surface area contributed by atoms with Crippen LogP contribution in [0, 0.1) is 0 Å². The largest absolute Gasteiger partial charge is 0.451 e. The number of aryl methyl sites for hydroxylation is 1. The molecular weight excluding hydrogens is 328 g/mol. The van der Waals surface area contributed by atoms with Gasteiger partial charge in [0.25, 0.3) is 5.91 Å². The van der Waals surface area contributed by atoms with Gasteiger partial charge in [0, 0.05) is 22.6 Å². The van der Waals surface area contributed by atoms with Crippen molar-refractivity contribution in [3.05, 3.63) is 65.9 Å². The smallest absolute Gasteiger partial charge is 0.355 e. The Kier molecular flexibility index (Phi) is 4.21. The highest BCUT2D eigenvalue weighted by atomic mass is 16.5. The first-order chi connectivity index (χ1) is 12.6. The van der Waals surface area contributed by atoms with E-state index in [4.69, 9.17) is 4.74 Å². The number of hydrogen-bond donors (Lipinski definition) is 1. The number of amides is 1. The van der Waals surface area contributed by atoms with Gasteiger partial charge < -0.3 is 14.6 Å². The summed E-state index contributed by atoms with van der Waals surface area (Å²) in [5.41, 5.74) is 3.29. The lowest BCUT2D eigenvalue weighted by atomic mass is 9.96. The maximum atomic E-state index is 12.7. The second kappa shape index (κ2) is 6.67. The van der Waals surface area contributed by atoms with Gasteiger partial charge in [-0.1, -0.05) is 36.4 Å². The SMILES string of the molecule is CC1CCc2ccccc2N1C(=O)COC(=O)c1cc2ccccc2[nH]1. The third-order valence-electron chi connectivity index (χ3n) is 4.87. The van der Waals surface area contributed by atoms with Crippen LogP contribution in [0.15, 0.2) is 54.6 Å². The van der Waals surface area contributed by atoms with Crippen molar-refractivity contribution in [1.82, 2.24) is 4.98 Å². The second-order valence-corrected chi connectivity index (χ2v) is 6.63. The molecular formula is C21H20N2O3. The van der Waals surface area contributed by atoms with Gasteiger partial charge in [0.1, 0.15) is 5.69 Å². The van der Waals surface area contributed by atoms with Crippen molar-refractivity contribution in [2.24, 2.45) is 0 Å². The van der Waals surface area contributed by atoms with Crippen LogP contribution in [0.3, 0.4) is 0 Å². The minimum absolute atomic E-state index is 0.0872. The van der Waals surface area contributed by atoms with E-state index in [9.17, 15) is 9.59 Å². The first-order valence-electron chi connectivity index (χ1n) is 8.78. The zero-order valence-electron chi connectivity index (χ0n) is 14.6. The standard InChI is InChI=1S/C21H20N2O3/c1-14-10-11-15-6-3-5-9-19(15)23(14)20(24)13-26-21(25)18-12-16-7-2-4-8-17(16)22-18/h2-9,12,14,22H,10-11,13H2,1H3. The van der Waals surface area contributed by atoms with Gasteiger partial charge in [0.15, 0.2) is 6.61 Å². The van der Waals surface area contributed by atoms with Crippen molar-refractivity contribution in [2.45, 2.75) is 25.8 Å². The molecule has 2 aromatic carbocycles. The molecule has 0 radical (unpaired) electrons. The van der Waals surface area contributed by atoms with Crippen LogP contribution in [0.25, 0.3) is 10.9 Å². The molecule has 5 nitrogen and oxygen atoms in total. The molecule has 1 amide bonds. The summed E-state index contributed by atoms with van der Waals surface area (Å²) in [6.07, 6.45) is 1.86. The van der Waals surface area contributed by atoms with Gasteiger partial charge in [-0.2, -0.15) is 0 Å². The summed E-state index contributed by atoms with van der Waals surface area (Å²) < 4.78 is 5.27. The van der Waals surface area contributed by atoms with Crippen molar-refractivity contribution in [1.29, 1.82) is 0 Å². The molecule has 1 aliphatic heterocycles. The van der Waals surface area contributed by atoms with Gasteiger partial charge in [-0.3, -0.25) is 4.79 Å². The number of carbonyl (C=O) groups excluding carboxylic acids is 2. The number of anilines is 1. The molecule has 1 aliphatic rings. The van der Waals surface area contributed by atoms with Gasteiger partial charge in [-0.25, -0.2) is 4.79 Å². The monoisotopic (exact) mass is 348 g/mol. The first-order valence-corrected chi connectivity index (χ1v) is 8.78. The summed E-state index contributed by atoms with van der Waals surface area (Å²) in [6.45, 7) is 1.75. The Morgan fingerprint density at radius 1 is 1.15 bits per heavy atom. The maximum Gasteiger partial charge on any atom is 0.355 e. The maximum absolute atomic E-state index is 12.7. The van der Waals surface area contributed by atoms with Crippen LogP contribution >= 0.6 is 0 Å². The summed E-state index contributed by atoms with van der Waals surface area (Å²) in [5.74, 6) is -0.721. The van der Waals surface area contributed by atoms with Crippen LogP contribution in [-0.4, -0.2) is 29.5 Å². The molecule has 0 aliphatic carbocycles. The molecule has 1 unspecified atom stereocenters. The van der Waals surface area contributed by atoms with Crippen molar-refractivity contribution < 1.29 is 14.3 Å². The molecule has 0 saturated heterocycles. The lowest BCUT2D eigenvalue weighted by molar-refractivity contribution is -0.122. The van der Waals surface area contributed by atoms with E-state index in [0.717, 1.165) is 35.0 Å². The quantitative estimate of drug-likeness (QED) is 0.734. The topological polar surface area (TPSA) is 62.4 Å². The Morgan fingerprint density at radius 3 is 2.77 bits per heavy atom. The van der Waals surface area contributed by atoms with E-state index in [-0.39, 0.29) is 18.6 Å². The van der Waals surface area contributed by atoms with E-state index in [1.54, 1.807) is 11.0 Å². The molecule has 0 saturated carbocycles. The summed E-state index contributed by atoms with van der Waals surface area (Å²) in [7, 11) is 0. The number of rotatable bonds is 3. The molecule has 2 heterocycles. The van der Waals surface area contributed by atoms with Crippen LogP contribution in [0.4, 0.5) is 5.69 Å². The number of hydrogen-bond acceptors (Lipinski definition) is 3. The fourth-order valence-corrected chi connectivity index (χ4v) is 3.53. The van der Waals surface area contributed by atoms with Crippen LogP contribution in [-0.2, 0) is 16.0 Å². The zero-order valence-corrected chi connectivity index (χ0v) is 14.6. The average molecular weight is 348 g/mol. The number of fused-ring (bicyclic) bond motifs is 2. The molecule has 0 spiro atoms. The normalized spacial score (nSPS) is 16.3. The molecule has 1 atom stereocenters. The molecule has 132 valence electrons. The fourth-order valence-electron chi connectivity index (χ4n) is 3.53. The highest BCUT2D eigenvalue weighted by Gasteiger charge is 2.28. The van der Waals surface area contributed by atoms with Gasteiger partial charge >= 0.3 is 5.97 Å². The Bertz CT molecular complexity index is 943.